The van der Waals surface area contributed by atoms with Crippen LogP contribution in [0.5, 0.6) is 0 Å². The first-order chi connectivity index (χ1) is 5.15. The van der Waals surface area contributed by atoms with E-state index in [1.54, 1.807) is 0 Å². The minimum absolute atomic E-state index is 0.369. The highest BCUT2D eigenvalue weighted by molar-refractivity contribution is 4.90. The summed E-state index contributed by atoms with van der Waals surface area (Å²) in [5.41, 5.74) is 0. The monoisotopic (exact) mass is 153 g/mol. The van der Waals surface area contributed by atoms with Gasteiger partial charge in [0.25, 0.3) is 0 Å². The molecule has 0 radical (unpaired) electrons. The van der Waals surface area contributed by atoms with Crippen molar-refractivity contribution in [1.29, 1.82) is 5.26 Å². The van der Waals surface area contributed by atoms with Crippen LogP contribution in [0.15, 0.2) is 0 Å². The van der Waals surface area contributed by atoms with Gasteiger partial charge in [-0.2, -0.15) is 5.26 Å². The van der Waals surface area contributed by atoms with Crippen LogP contribution in [-0.2, 0) is 0 Å². The van der Waals surface area contributed by atoms with Crippen molar-refractivity contribution < 1.29 is 0 Å². The van der Waals surface area contributed by atoms with Gasteiger partial charge in [-0.15, -0.1) is 0 Å². The molecule has 0 aromatic carbocycles. The van der Waals surface area contributed by atoms with E-state index in [0.717, 1.165) is 13.1 Å². The average Bonchev–Trinajstić information content (AvgIpc) is 1.85. The highest BCUT2D eigenvalue weighted by Crippen LogP contribution is 2.12. The van der Waals surface area contributed by atoms with Gasteiger partial charge in [-0.1, -0.05) is 0 Å². The molecule has 0 saturated carbocycles. The van der Waals surface area contributed by atoms with E-state index < -0.39 is 0 Å². The zero-order chi connectivity index (χ0) is 8.43. The molecular weight excluding hydrogens is 138 g/mol. The number of hydrogen-bond donors (Lipinski definition) is 0. The van der Waals surface area contributed by atoms with Crippen LogP contribution in [0.2, 0.25) is 0 Å². The van der Waals surface area contributed by atoms with Gasteiger partial charge in [0.15, 0.2) is 6.19 Å². The predicted octanol–water partition coefficient (Wildman–Crippen LogP) is 0.492. The maximum atomic E-state index is 8.78. The van der Waals surface area contributed by atoms with E-state index >= 15 is 0 Å². The second-order valence-electron chi connectivity index (χ2n) is 3.43. The quantitative estimate of drug-likeness (QED) is 0.474. The highest BCUT2D eigenvalue weighted by Gasteiger charge is 2.25. The molecule has 0 unspecified atom stereocenters. The Hall–Kier alpha value is -0.750. The van der Waals surface area contributed by atoms with Crippen LogP contribution in [0.1, 0.15) is 13.8 Å². The Bertz CT molecular complexity index is 161. The Morgan fingerprint density at radius 1 is 1.27 bits per heavy atom. The van der Waals surface area contributed by atoms with Gasteiger partial charge >= 0.3 is 0 Å². The van der Waals surface area contributed by atoms with Crippen molar-refractivity contribution >= 4 is 0 Å². The van der Waals surface area contributed by atoms with E-state index in [2.05, 4.69) is 32.0 Å². The van der Waals surface area contributed by atoms with Gasteiger partial charge in [0.2, 0.25) is 0 Å². The van der Waals surface area contributed by atoms with Crippen molar-refractivity contribution in [3.8, 4) is 6.19 Å². The maximum absolute atomic E-state index is 8.78. The summed E-state index contributed by atoms with van der Waals surface area (Å²) in [6, 6.07) is 0.738. The third-order valence-corrected chi connectivity index (χ3v) is 2.22. The Morgan fingerprint density at radius 2 is 1.73 bits per heavy atom. The summed E-state index contributed by atoms with van der Waals surface area (Å²) in [4.78, 5) is 4.14. The fourth-order valence-corrected chi connectivity index (χ4v) is 1.78. The Labute approximate surface area is 68.2 Å². The van der Waals surface area contributed by atoms with Crippen molar-refractivity contribution in [2.24, 2.45) is 0 Å². The molecule has 1 rings (SSSR count). The molecule has 3 heteroatoms. The molecule has 1 heterocycles. The molecule has 3 nitrogen and oxygen atoms in total. The van der Waals surface area contributed by atoms with Crippen molar-refractivity contribution in [2.75, 3.05) is 20.1 Å². The SMILES string of the molecule is C[C@@H]1CN(C)C[C@H](C)N1C#N. The number of likely N-dealkylation sites (N-methyl/N-ethyl adjacent to an activating group) is 1. The van der Waals surface area contributed by atoms with Gasteiger partial charge in [-0.05, 0) is 20.9 Å². The molecule has 0 amide bonds. The summed E-state index contributed by atoms with van der Waals surface area (Å²) < 4.78 is 0. The first-order valence-corrected chi connectivity index (χ1v) is 4.01. The molecule has 0 aromatic rings. The van der Waals surface area contributed by atoms with E-state index in [4.69, 9.17) is 5.26 Å². The van der Waals surface area contributed by atoms with Crippen LogP contribution in [-0.4, -0.2) is 42.0 Å². The number of nitrogens with zero attached hydrogens (tertiary/aromatic N) is 3. The number of hydrogen-bond acceptors (Lipinski definition) is 3. The van der Waals surface area contributed by atoms with E-state index in [9.17, 15) is 0 Å². The molecular formula is C8H15N3. The second kappa shape index (κ2) is 3.10. The van der Waals surface area contributed by atoms with Crippen molar-refractivity contribution in [2.45, 2.75) is 25.9 Å². The maximum Gasteiger partial charge on any atom is 0.179 e. The molecule has 1 saturated heterocycles. The van der Waals surface area contributed by atoms with Crippen LogP contribution in [0.3, 0.4) is 0 Å². The van der Waals surface area contributed by atoms with Crippen LogP contribution >= 0.6 is 0 Å². The van der Waals surface area contributed by atoms with E-state index in [-0.39, 0.29) is 0 Å². The zero-order valence-electron chi connectivity index (χ0n) is 7.41. The van der Waals surface area contributed by atoms with Crippen LogP contribution in [0, 0.1) is 11.5 Å². The number of nitriles is 1. The minimum Gasteiger partial charge on any atom is -0.303 e. The standard InChI is InChI=1S/C8H15N3/c1-7-4-10(3)5-8(2)11(7)6-9/h7-8H,4-5H2,1-3H3/t7-,8+. The lowest BCUT2D eigenvalue weighted by atomic mass is 10.1. The largest absolute Gasteiger partial charge is 0.303 e. The van der Waals surface area contributed by atoms with Gasteiger partial charge < -0.3 is 9.80 Å². The third kappa shape index (κ3) is 1.63. The molecule has 2 atom stereocenters. The molecule has 1 fully saturated rings. The highest BCUT2D eigenvalue weighted by atomic mass is 15.3. The Morgan fingerprint density at radius 3 is 2.09 bits per heavy atom. The molecule has 1 aliphatic heterocycles. The molecule has 0 aliphatic carbocycles. The summed E-state index contributed by atoms with van der Waals surface area (Å²) in [6.07, 6.45) is 2.23. The number of rotatable bonds is 0. The molecule has 0 spiro atoms. The van der Waals surface area contributed by atoms with Crippen molar-refractivity contribution in [1.82, 2.24) is 9.80 Å². The minimum atomic E-state index is 0.369. The van der Waals surface area contributed by atoms with Crippen molar-refractivity contribution in [3.63, 3.8) is 0 Å². The van der Waals surface area contributed by atoms with Crippen LogP contribution in [0.4, 0.5) is 0 Å². The third-order valence-electron chi connectivity index (χ3n) is 2.22. The molecule has 0 aromatic heterocycles. The van der Waals surface area contributed by atoms with Gasteiger partial charge in [0, 0.05) is 25.2 Å². The zero-order valence-corrected chi connectivity index (χ0v) is 7.41. The van der Waals surface area contributed by atoms with Gasteiger partial charge in [-0.25, -0.2) is 0 Å². The first kappa shape index (κ1) is 8.35. The lowest BCUT2D eigenvalue weighted by molar-refractivity contribution is 0.102. The lowest BCUT2D eigenvalue weighted by Gasteiger charge is -2.39. The fraction of sp³-hybridized carbons (Fsp3) is 0.875. The summed E-state index contributed by atoms with van der Waals surface area (Å²) in [7, 11) is 2.10. The summed E-state index contributed by atoms with van der Waals surface area (Å²) >= 11 is 0. The van der Waals surface area contributed by atoms with E-state index in [1.807, 2.05) is 4.90 Å². The fourth-order valence-electron chi connectivity index (χ4n) is 1.78. The van der Waals surface area contributed by atoms with Gasteiger partial charge in [0.1, 0.15) is 0 Å². The Kier molecular flexibility index (Phi) is 2.35. The summed E-state index contributed by atoms with van der Waals surface area (Å²) in [5, 5.41) is 8.78. The van der Waals surface area contributed by atoms with Gasteiger partial charge in [0.05, 0.1) is 0 Å². The second-order valence-corrected chi connectivity index (χ2v) is 3.43. The normalized spacial score (nSPS) is 33.5. The summed E-state index contributed by atoms with van der Waals surface area (Å²) in [5.74, 6) is 0. The first-order valence-electron chi connectivity index (χ1n) is 4.01. The van der Waals surface area contributed by atoms with E-state index in [1.165, 1.54) is 0 Å². The van der Waals surface area contributed by atoms with Gasteiger partial charge in [-0.3, -0.25) is 0 Å². The Balaban J connectivity index is 2.61. The molecule has 62 valence electrons. The average molecular weight is 153 g/mol. The van der Waals surface area contributed by atoms with Crippen LogP contribution in [0.25, 0.3) is 0 Å². The lowest BCUT2D eigenvalue weighted by Crippen LogP contribution is -2.53. The molecule has 0 bridgehead atoms. The summed E-state index contributed by atoms with van der Waals surface area (Å²) in [6.45, 7) is 6.18. The predicted molar refractivity (Wildman–Crippen MR) is 43.9 cm³/mol. The van der Waals surface area contributed by atoms with Crippen LogP contribution < -0.4 is 0 Å². The van der Waals surface area contributed by atoms with E-state index in [0.29, 0.717) is 12.1 Å². The molecule has 0 N–H and O–H groups in total. The van der Waals surface area contributed by atoms with Crippen molar-refractivity contribution in [3.05, 3.63) is 0 Å². The topological polar surface area (TPSA) is 30.3 Å². The molecule has 11 heavy (non-hydrogen) atoms. The smallest absolute Gasteiger partial charge is 0.179 e. The molecule has 1 aliphatic rings. The number of piperazine rings is 1.